The first-order valence-electron chi connectivity index (χ1n) is 6.58. The molecule has 1 aliphatic rings. The van der Waals surface area contributed by atoms with E-state index >= 15 is 0 Å². The predicted octanol–water partition coefficient (Wildman–Crippen LogP) is 3.75. The van der Waals surface area contributed by atoms with Crippen LogP contribution in [0.1, 0.15) is 12.5 Å². The molecule has 0 atom stereocenters. The molecule has 0 fully saturated rings. The number of benzene rings is 2. The lowest BCUT2D eigenvalue weighted by Crippen LogP contribution is -2.20. The number of anilines is 2. The molecule has 0 radical (unpaired) electrons. The zero-order valence-corrected chi connectivity index (χ0v) is 10.7. The van der Waals surface area contributed by atoms with Crippen LogP contribution in [0.15, 0.2) is 42.5 Å². The largest absolute Gasteiger partial charge is 0.382 e. The van der Waals surface area contributed by atoms with Gasteiger partial charge in [-0.3, -0.25) is 0 Å². The quantitative estimate of drug-likeness (QED) is 0.832. The van der Waals surface area contributed by atoms with Crippen LogP contribution in [-0.4, -0.2) is 13.1 Å². The summed E-state index contributed by atoms with van der Waals surface area (Å²) in [6, 6.07) is 15.4. The van der Waals surface area contributed by atoms with E-state index in [0.717, 1.165) is 19.5 Å². The molecule has 2 aromatic carbocycles. The minimum Gasteiger partial charge on any atom is -0.382 e. The molecular weight excluding hydrogens is 220 g/mol. The van der Waals surface area contributed by atoms with E-state index in [2.05, 4.69) is 60.0 Å². The molecule has 18 heavy (non-hydrogen) atoms. The van der Waals surface area contributed by atoms with E-state index < -0.39 is 0 Å². The average molecular weight is 238 g/mol. The lowest BCUT2D eigenvalue weighted by molar-refractivity contribution is 1.05. The Morgan fingerprint density at radius 1 is 0.833 bits per heavy atom. The van der Waals surface area contributed by atoms with Crippen molar-refractivity contribution in [1.29, 1.82) is 0 Å². The minimum absolute atomic E-state index is 0.991. The van der Waals surface area contributed by atoms with Crippen LogP contribution in [-0.2, 0) is 6.42 Å². The van der Waals surface area contributed by atoms with Crippen molar-refractivity contribution in [2.75, 3.05) is 23.7 Å². The first-order chi connectivity index (χ1) is 8.86. The van der Waals surface area contributed by atoms with Gasteiger partial charge in [-0.05, 0) is 35.2 Å². The number of aryl methyl sites for hydroxylation is 1. The van der Waals surface area contributed by atoms with Crippen molar-refractivity contribution in [2.24, 2.45) is 0 Å². The van der Waals surface area contributed by atoms with Crippen LogP contribution < -0.4 is 10.6 Å². The Hall–Kier alpha value is -1.96. The van der Waals surface area contributed by atoms with E-state index in [1.54, 1.807) is 0 Å². The van der Waals surface area contributed by atoms with E-state index in [-0.39, 0.29) is 0 Å². The number of rotatable bonds is 2. The highest BCUT2D eigenvalue weighted by atomic mass is 15.0. The van der Waals surface area contributed by atoms with Gasteiger partial charge in [0.2, 0.25) is 0 Å². The summed E-state index contributed by atoms with van der Waals surface area (Å²) >= 11 is 0. The van der Waals surface area contributed by atoms with E-state index in [1.165, 1.54) is 28.1 Å². The normalized spacial score (nSPS) is 13.4. The van der Waals surface area contributed by atoms with Gasteiger partial charge in [0.1, 0.15) is 0 Å². The molecule has 0 saturated heterocycles. The van der Waals surface area contributed by atoms with Crippen molar-refractivity contribution < 1.29 is 0 Å². The standard InChI is InChI=1S/C16H18N2/c1-2-12-3-5-13(6-4-12)14-7-8-15-16(11-14)18-10-9-17-15/h3-8,11,17-18H,2,9-10H2,1H3. The van der Waals surface area contributed by atoms with Gasteiger partial charge >= 0.3 is 0 Å². The summed E-state index contributed by atoms with van der Waals surface area (Å²) in [5.41, 5.74) is 6.35. The third kappa shape index (κ3) is 2.06. The topological polar surface area (TPSA) is 24.1 Å². The Kier molecular flexibility index (Phi) is 2.93. The van der Waals surface area contributed by atoms with Crippen molar-refractivity contribution in [3.05, 3.63) is 48.0 Å². The van der Waals surface area contributed by atoms with Gasteiger partial charge in [-0.25, -0.2) is 0 Å². The zero-order valence-electron chi connectivity index (χ0n) is 10.7. The first-order valence-corrected chi connectivity index (χ1v) is 6.58. The number of hydrogen-bond donors (Lipinski definition) is 2. The third-order valence-corrected chi connectivity index (χ3v) is 3.47. The zero-order chi connectivity index (χ0) is 12.4. The van der Waals surface area contributed by atoms with Crippen molar-refractivity contribution >= 4 is 11.4 Å². The fourth-order valence-corrected chi connectivity index (χ4v) is 2.35. The van der Waals surface area contributed by atoms with Crippen LogP contribution in [0.25, 0.3) is 11.1 Å². The van der Waals surface area contributed by atoms with E-state index in [4.69, 9.17) is 0 Å². The molecule has 0 unspecified atom stereocenters. The Morgan fingerprint density at radius 2 is 1.50 bits per heavy atom. The maximum atomic E-state index is 3.43. The average Bonchev–Trinajstić information content (AvgIpc) is 2.47. The summed E-state index contributed by atoms with van der Waals surface area (Å²) in [4.78, 5) is 0. The van der Waals surface area contributed by atoms with Crippen LogP contribution >= 0.6 is 0 Å². The van der Waals surface area contributed by atoms with Crippen molar-refractivity contribution in [1.82, 2.24) is 0 Å². The second kappa shape index (κ2) is 4.73. The maximum Gasteiger partial charge on any atom is 0.0582 e. The van der Waals surface area contributed by atoms with Crippen molar-refractivity contribution in [3.8, 4) is 11.1 Å². The molecule has 0 aliphatic carbocycles. The van der Waals surface area contributed by atoms with Gasteiger partial charge < -0.3 is 10.6 Å². The van der Waals surface area contributed by atoms with Gasteiger partial charge in [0.05, 0.1) is 11.4 Å². The highest BCUT2D eigenvalue weighted by molar-refractivity contribution is 5.78. The third-order valence-electron chi connectivity index (χ3n) is 3.47. The summed E-state index contributed by atoms with van der Waals surface area (Å²) in [5, 5.41) is 6.83. The van der Waals surface area contributed by atoms with Crippen LogP contribution in [0.3, 0.4) is 0 Å². The molecule has 0 saturated carbocycles. The fourth-order valence-electron chi connectivity index (χ4n) is 2.35. The van der Waals surface area contributed by atoms with Gasteiger partial charge in [0.15, 0.2) is 0 Å². The second-order valence-corrected chi connectivity index (χ2v) is 4.66. The molecule has 0 aromatic heterocycles. The van der Waals surface area contributed by atoms with Crippen LogP contribution in [0, 0.1) is 0 Å². The predicted molar refractivity (Wildman–Crippen MR) is 78.2 cm³/mol. The molecule has 0 spiro atoms. The van der Waals surface area contributed by atoms with Crippen LogP contribution in [0.4, 0.5) is 11.4 Å². The maximum absolute atomic E-state index is 3.43. The highest BCUT2D eigenvalue weighted by Crippen LogP contribution is 2.30. The highest BCUT2D eigenvalue weighted by Gasteiger charge is 2.08. The second-order valence-electron chi connectivity index (χ2n) is 4.66. The molecular formula is C16H18N2. The Balaban J connectivity index is 1.95. The van der Waals surface area contributed by atoms with E-state index in [1.807, 2.05) is 0 Å². The SMILES string of the molecule is CCc1ccc(-c2ccc3c(c2)NCCN3)cc1. The lowest BCUT2D eigenvalue weighted by Gasteiger charge is -2.20. The number of hydrogen-bond acceptors (Lipinski definition) is 2. The molecule has 0 bridgehead atoms. The molecule has 0 amide bonds. The minimum atomic E-state index is 0.991. The Morgan fingerprint density at radius 3 is 2.22 bits per heavy atom. The number of fused-ring (bicyclic) bond motifs is 1. The Bertz CT molecular complexity index is 544. The van der Waals surface area contributed by atoms with Crippen molar-refractivity contribution in [2.45, 2.75) is 13.3 Å². The molecule has 2 heteroatoms. The molecule has 3 rings (SSSR count). The molecule has 1 heterocycles. The monoisotopic (exact) mass is 238 g/mol. The van der Waals surface area contributed by atoms with Gasteiger partial charge in [-0.1, -0.05) is 37.3 Å². The van der Waals surface area contributed by atoms with E-state index in [9.17, 15) is 0 Å². The summed E-state index contributed by atoms with van der Waals surface area (Å²) in [5.74, 6) is 0. The van der Waals surface area contributed by atoms with E-state index in [0.29, 0.717) is 0 Å². The lowest BCUT2D eigenvalue weighted by atomic mass is 10.0. The van der Waals surface area contributed by atoms with Gasteiger partial charge in [0.25, 0.3) is 0 Å². The van der Waals surface area contributed by atoms with Gasteiger partial charge in [-0.2, -0.15) is 0 Å². The van der Waals surface area contributed by atoms with Gasteiger partial charge in [-0.15, -0.1) is 0 Å². The van der Waals surface area contributed by atoms with Crippen LogP contribution in [0.2, 0.25) is 0 Å². The smallest absolute Gasteiger partial charge is 0.0582 e. The molecule has 2 nitrogen and oxygen atoms in total. The summed E-state index contributed by atoms with van der Waals surface area (Å²) in [6.45, 7) is 4.17. The first kappa shape index (κ1) is 11.1. The molecule has 2 aromatic rings. The summed E-state index contributed by atoms with van der Waals surface area (Å²) in [7, 11) is 0. The van der Waals surface area contributed by atoms with Crippen molar-refractivity contribution in [3.63, 3.8) is 0 Å². The van der Waals surface area contributed by atoms with Gasteiger partial charge in [0, 0.05) is 13.1 Å². The molecule has 2 N–H and O–H groups in total. The Labute approximate surface area is 108 Å². The van der Waals surface area contributed by atoms with Crippen LogP contribution in [0.5, 0.6) is 0 Å². The fraction of sp³-hybridized carbons (Fsp3) is 0.250. The molecule has 92 valence electrons. The summed E-state index contributed by atoms with van der Waals surface area (Å²) < 4.78 is 0. The summed E-state index contributed by atoms with van der Waals surface area (Å²) in [6.07, 6.45) is 1.09. The molecule has 1 aliphatic heterocycles. The number of nitrogens with one attached hydrogen (secondary N) is 2.